The van der Waals surface area contributed by atoms with E-state index in [1.165, 1.54) is 11.8 Å². The molecule has 26 heavy (non-hydrogen) atoms. The van der Waals surface area contributed by atoms with Crippen LogP contribution in [-0.2, 0) is 16.1 Å². The van der Waals surface area contributed by atoms with Crippen LogP contribution in [0, 0.1) is 0 Å². The molecule has 0 aliphatic carbocycles. The predicted octanol–water partition coefficient (Wildman–Crippen LogP) is 2.36. The van der Waals surface area contributed by atoms with Gasteiger partial charge >= 0.3 is 0 Å². The maximum Gasteiger partial charge on any atom is 0.262 e. The van der Waals surface area contributed by atoms with Gasteiger partial charge in [-0.1, -0.05) is 30.0 Å². The van der Waals surface area contributed by atoms with E-state index in [-0.39, 0.29) is 22.8 Å². The molecule has 1 aromatic carbocycles. The molecule has 138 valence electrons. The van der Waals surface area contributed by atoms with Crippen LogP contribution in [0.15, 0.2) is 46.9 Å². The van der Waals surface area contributed by atoms with Gasteiger partial charge in [0.2, 0.25) is 5.91 Å². The molecule has 1 aliphatic rings. The van der Waals surface area contributed by atoms with Crippen molar-refractivity contribution in [2.75, 3.05) is 13.2 Å². The molecule has 3 rings (SSSR count). The Morgan fingerprint density at radius 1 is 1.54 bits per heavy atom. The van der Waals surface area contributed by atoms with Crippen LogP contribution >= 0.6 is 11.8 Å². The summed E-state index contributed by atoms with van der Waals surface area (Å²) in [6, 6.07) is 7.23. The van der Waals surface area contributed by atoms with E-state index >= 15 is 0 Å². The molecule has 2 atom stereocenters. The molecule has 0 bridgehead atoms. The Morgan fingerprint density at radius 3 is 3.08 bits per heavy atom. The van der Waals surface area contributed by atoms with Crippen molar-refractivity contribution < 1.29 is 9.53 Å². The average Bonchev–Trinajstić information content (AvgIpc) is 3.16. The first-order valence-electron chi connectivity index (χ1n) is 8.76. The van der Waals surface area contributed by atoms with Crippen molar-refractivity contribution in [2.45, 2.75) is 42.8 Å². The van der Waals surface area contributed by atoms with Gasteiger partial charge in [-0.05, 0) is 31.9 Å². The van der Waals surface area contributed by atoms with E-state index in [0.29, 0.717) is 29.1 Å². The first kappa shape index (κ1) is 18.7. The normalized spacial score (nSPS) is 18.0. The second-order valence-corrected chi connectivity index (χ2v) is 7.56. The molecule has 7 heteroatoms. The number of hydrogen-bond donors (Lipinski definition) is 1. The molecule has 1 aromatic heterocycles. The van der Waals surface area contributed by atoms with E-state index in [9.17, 15) is 9.59 Å². The smallest absolute Gasteiger partial charge is 0.262 e. The number of ether oxygens (including phenoxy) is 1. The Kier molecular flexibility index (Phi) is 6.11. The van der Waals surface area contributed by atoms with Gasteiger partial charge in [0.05, 0.1) is 22.3 Å². The van der Waals surface area contributed by atoms with Crippen molar-refractivity contribution in [3.63, 3.8) is 0 Å². The largest absolute Gasteiger partial charge is 0.376 e. The minimum absolute atomic E-state index is 0.0851. The van der Waals surface area contributed by atoms with Crippen LogP contribution in [0.2, 0.25) is 0 Å². The van der Waals surface area contributed by atoms with Gasteiger partial charge in [0.1, 0.15) is 0 Å². The van der Waals surface area contributed by atoms with Gasteiger partial charge in [-0.2, -0.15) is 0 Å². The third kappa shape index (κ3) is 4.16. The minimum Gasteiger partial charge on any atom is -0.376 e. The minimum atomic E-state index is -0.375. The predicted molar refractivity (Wildman–Crippen MR) is 104 cm³/mol. The molecule has 1 saturated heterocycles. The van der Waals surface area contributed by atoms with Crippen molar-refractivity contribution in [3.05, 3.63) is 47.3 Å². The fraction of sp³-hybridized carbons (Fsp3) is 0.421. The number of carbonyl (C=O) groups is 1. The number of nitrogens with one attached hydrogen (secondary N) is 1. The number of rotatable bonds is 7. The number of thioether (sulfide) groups is 1. The zero-order valence-corrected chi connectivity index (χ0v) is 15.6. The average molecular weight is 373 g/mol. The van der Waals surface area contributed by atoms with Gasteiger partial charge in [-0.25, -0.2) is 4.98 Å². The summed E-state index contributed by atoms with van der Waals surface area (Å²) in [4.78, 5) is 29.7. The molecule has 1 amide bonds. The molecule has 1 aliphatic heterocycles. The van der Waals surface area contributed by atoms with Crippen molar-refractivity contribution in [1.29, 1.82) is 0 Å². The Balaban J connectivity index is 1.77. The van der Waals surface area contributed by atoms with Crippen molar-refractivity contribution in [2.24, 2.45) is 0 Å². The van der Waals surface area contributed by atoms with E-state index in [1.54, 1.807) is 22.8 Å². The first-order chi connectivity index (χ1) is 12.6. The van der Waals surface area contributed by atoms with Crippen LogP contribution in [0.3, 0.4) is 0 Å². The van der Waals surface area contributed by atoms with E-state index in [4.69, 9.17) is 4.74 Å². The number of para-hydroxylation sites is 1. The Bertz CT molecular complexity index is 859. The van der Waals surface area contributed by atoms with Gasteiger partial charge < -0.3 is 10.1 Å². The van der Waals surface area contributed by atoms with Crippen molar-refractivity contribution in [3.8, 4) is 0 Å². The number of allylic oxidation sites excluding steroid dienone is 1. The molecule has 0 saturated carbocycles. The fourth-order valence-corrected chi connectivity index (χ4v) is 3.85. The number of hydrogen-bond acceptors (Lipinski definition) is 5. The highest BCUT2D eigenvalue weighted by molar-refractivity contribution is 8.00. The number of carbonyl (C=O) groups excluding carboxylic acids is 1. The number of fused-ring (bicyclic) bond motifs is 1. The molecule has 0 unspecified atom stereocenters. The number of aromatic nitrogens is 2. The molecule has 6 nitrogen and oxygen atoms in total. The summed E-state index contributed by atoms with van der Waals surface area (Å²) in [5.41, 5.74) is 0.511. The van der Waals surface area contributed by atoms with Gasteiger partial charge in [0.25, 0.3) is 5.56 Å². The van der Waals surface area contributed by atoms with Crippen LogP contribution in [0.4, 0.5) is 0 Å². The Labute approximate surface area is 156 Å². The van der Waals surface area contributed by atoms with Gasteiger partial charge in [-0.15, -0.1) is 6.58 Å². The summed E-state index contributed by atoms with van der Waals surface area (Å²) in [5, 5.41) is 3.64. The second-order valence-electron chi connectivity index (χ2n) is 6.26. The molecular formula is C19H23N3O3S. The van der Waals surface area contributed by atoms with Crippen LogP contribution in [-0.4, -0.2) is 40.0 Å². The lowest BCUT2D eigenvalue weighted by Crippen LogP contribution is -2.37. The van der Waals surface area contributed by atoms with Crippen molar-refractivity contribution in [1.82, 2.24) is 14.9 Å². The molecule has 0 radical (unpaired) electrons. The Hall–Kier alpha value is -2.12. The second kappa shape index (κ2) is 8.51. The van der Waals surface area contributed by atoms with Crippen molar-refractivity contribution >= 4 is 28.6 Å². The molecular weight excluding hydrogens is 350 g/mol. The molecule has 0 spiro atoms. The first-order valence-corrected chi connectivity index (χ1v) is 9.64. The molecule has 2 heterocycles. The highest BCUT2D eigenvalue weighted by Gasteiger charge is 2.21. The Morgan fingerprint density at radius 2 is 2.35 bits per heavy atom. The van der Waals surface area contributed by atoms with Crippen LogP contribution < -0.4 is 10.9 Å². The summed E-state index contributed by atoms with van der Waals surface area (Å²) in [5.74, 6) is -0.0851. The fourth-order valence-electron chi connectivity index (χ4n) is 2.90. The van der Waals surface area contributed by atoms with Crippen LogP contribution in [0.25, 0.3) is 10.9 Å². The zero-order valence-electron chi connectivity index (χ0n) is 14.8. The summed E-state index contributed by atoms with van der Waals surface area (Å²) < 4.78 is 7.09. The van der Waals surface area contributed by atoms with Crippen LogP contribution in [0.1, 0.15) is 19.8 Å². The van der Waals surface area contributed by atoms with E-state index < -0.39 is 0 Å². The lowest BCUT2D eigenvalue weighted by Gasteiger charge is -2.16. The number of amides is 1. The maximum atomic E-state index is 12.7. The number of benzene rings is 1. The molecule has 1 fully saturated rings. The highest BCUT2D eigenvalue weighted by atomic mass is 32.2. The molecule has 1 N–H and O–H groups in total. The third-order valence-electron chi connectivity index (χ3n) is 4.32. The summed E-state index contributed by atoms with van der Waals surface area (Å²) in [6.07, 6.45) is 3.78. The topological polar surface area (TPSA) is 73.2 Å². The number of nitrogens with zero attached hydrogens (tertiary/aromatic N) is 2. The monoisotopic (exact) mass is 373 g/mol. The standard InChI is InChI=1S/C19H23N3O3S/c1-3-10-22-18(24)15-8-4-5-9-16(15)21-19(22)26-13(2)17(23)20-12-14-7-6-11-25-14/h3-5,8-9,13-14H,1,6-7,10-12H2,2H3,(H,20,23)/t13-,14+/m0/s1. The third-order valence-corrected chi connectivity index (χ3v) is 5.41. The quantitative estimate of drug-likeness (QED) is 0.458. The summed E-state index contributed by atoms with van der Waals surface area (Å²) in [7, 11) is 0. The van der Waals surface area contributed by atoms with Gasteiger partial charge in [0.15, 0.2) is 5.16 Å². The maximum absolute atomic E-state index is 12.7. The van der Waals surface area contributed by atoms with E-state index in [1.807, 2.05) is 19.1 Å². The summed E-state index contributed by atoms with van der Waals surface area (Å²) in [6.45, 7) is 7.17. The SMILES string of the molecule is C=CCn1c(S[C@@H](C)C(=O)NC[C@H]2CCCO2)nc2ccccc2c1=O. The van der Waals surface area contributed by atoms with E-state index in [0.717, 1.165) is 19.4 Å². The van der Waals surface area contributed by atoms with Crippen LogP contribution in [0.5, 0.6) is 0 Å². The molecule has 2 aromatic rings. The lowest BCUT2D eigenvalue weighted by atomic mass is 10.2. The zero-order chi connectivity index (χ0) is 18.5. The van der Waals surface area contributed by atoms with E-state index in [2.05, 4.69) is 16.9 Å². The van der Waals surface area contributed by atoms with Gasteiger partial charge in [-0.3, -0.25) is 14.2 Å². The van der Waals surface area contributed by atoms with Gasteiger partial charge in [0, 0.05) is 19.7 Å². The lowest BCUT2D eigenvalue weighted by molar-refractivity contribution is -0.120. The summed E-state index contributed by atoms with van der Waals surface area (Å²) >= 11 is 1.28. The highest BCUT2D eigenvalue weighted by Crippen LogP contribution is 2.23.